The van der Waals surface area contributed by atoms with Crippen LogP contribution < -0.4 is 16.0 Å². The number of carbonyl (C=O) groups excluding carboxylic acids is 5. The molecule has 0 radical (unpaired) electrons. The number of hydrogen-bond donors (Lipinski definition) is 3. The first-order chi connectivity index (χ1) is 17.4. The SMILES string of the molecule is COC(=O)C(CCC[C@@H](NC(=O)OCc1ccccc1)C(=O)N[C@H](C)C(=O)OC)NC(=O)OC(C)(C)C. The van der Waals surface area contributed by atoms with Crippen molar-refractivity contribution in [2.45, 2.75) is 77.3 Å². The van der Waals surface area contributed by atoms with Crippen LogP contribution in [0.2, 0.25) is 0 Å². The van der Waals surface area contributed by atoms with E-state index in [4.69, 9.17) is 14.2 Å². The van der Waals surface area contributed by atoms with E-state index in [0.29, 0.717) is 0 Å². The number of hydrogen-bond acceptors (Lipinski definition) is 9. The number of nitrogens with one attached hydrogen (secondary N) is 3. The molecule has 1 unspecified atom stereocenters. The molecule has 0 saturated heterocycles. The van der Waals surface area contributed by atoms with Crippen LogP contribution >= 0.6 is 0 Å². The Morgan fingerprint density at radius 3 is 1.95 bits per heavy atom. The summed E-state index contributed by atoms with van der Waals surface area (Å²) in [5.74, 6) is -2.00. The highest BCUT2D eigenvalue weighted by Crippen LogP contribution is 2.11. The minimum Gasteiger partial charge on any atom is -0.467 e. The third kappa shape index (κ3) is 12.6. The van der Waals surface area contributed by atoms with E-state index in [9.17, 15) is 24.0 Å². The first-order valence-corrected chi connectivity index (χ1v) is 11.8. The lowest BCUT2D eigenvalue weighted by Gasteiger charge is -2.23. The van der Waals surface area contributed by atoms with Crippen LogP contribution in [0.3, 0.4) is 0 Å². The van der Waals surface area contributed by atoms with Crippen LogP contribution in [0, 0.1) is 0 Å². The van der Waals surface area contributed by atoms with Gasteiger partial charge in [0.15, 0.2) is 0 Å². The number of ether oxygens (including phenoxy) is 4. The molecule has 206 valence electrons. The number of amides is 3. The molecule has 0 aliphatic heterocycles. The van der Waals surface area contributed by atoms with E-state index in [-0.39, 0.29) is 25.9 Å². The molecule has 0 aromatic heterocycles. The van der Waals surface area contributed by atoms with Gasteiger partial charge in [-0.05, 0) is 52.5 Å². The zero-order chi connectivity index (χ0) is 28.0. The summed E-state index contributed by atoms with van der Waals surface area (Å²) in [6.07, 6.45) is -1.29. The van der Waals surface area contributed by atoms with E-state index >= 15 is 0 Å². The van der Waals surface area contributed by atoms with Crippen LogP contribution in [0.4, 0.5) is 9.59 Å². The fourth-order valence-electron chi connectivity index (χ4n) is 3.09. The predicted molar refractivity (Wildman–Crippen MR) is 132 cm³/mol. The third-order valence-electron chi connectivity index (χ3n) is 4.90. The maximum Gasteiger partial charge on any atom is 0.408 e. The van der Waals surface area contributed by atoms with Gasteiger partial charge < -0.3 is 34.9 Å². The highest BCUT2D eigenvalue weighted by atomic mass is 16.6. The van der Waals surface area contributed by atoms with Gasteiger partial charge in [-0.25, -0.2) is 19.2 Å². The van der Waals surface area contributed by atoms with Crippen molar-refractivity contribution in [1.82, 2.24) is 16.0 Å². The minimum absolute atomic E-state index is 0.0101. The molecule has 3 atom stereocenters. The van der Waals surface area contributed by atoms with Gasteiger partial charge in [0.2, 0.25) is 5.91 Å². The van der Waals surface area contributed by atoms with Crippen molar-refractivity contribution < 1.29 is 42.9 Å². The quantitative estimate of drug-likeness (QED) is 0.276. The zero-order valence-corrected chi connectivity index (χ0v) is 22.1. The molecule has 3 amide bonds. The number of alkyl carbamates (subject to hydrolysis) is 2. The monoisotopic (exact) mass is 523 g/mol. The molecule has 12 heteroatoms. The molecule has 0 fully saturated rings. The summed E-state index contributed by atoms with van der Waals surface area (Å²) >= 11 is 0. The topological polar surface area (TPSA) is 158 Å². The lowest BCUT2D eigenvalue weighted by Crippen LogP contribution is -2.51. The molecule has 1 aromatic rings. The van der Waals surface area contributed by atoms with Crippen LogP contribution in [-0.2, 0) is 39.9 Å². The van der Waals surface area contributed by atoms with Gasteiger partial charge >= 0.3 is 24.1 Å². The Hall–Kier alpha value is -3.83. The Bertz CT molecular complexity index is 916. The molecule has 0 aliphatic carbocycles. The van der Waals surface area contributed by atoms with Crippen molar-refractivity contribution in [2.24, 2.45) is 0 Å². The van der Waals surface area contributed by atoms with Gasteiger partial charge in [-0.1, -0.05) is 30.3 Å². The Balaban J connectivity index is 2.83. The van der Waals surface area contributed by atoms with Gasteiger partial charge in [0.05, 0.1) is 14.2 Å². The van der Waals surface area contributed by atoms with Crippen molar-refractivity contribution in [3.8, 4) is 0 Å². The molecular weight excluding hydrogens is 486 g/mol. The van der Waals surface area contributed by atoms with E-state index < -0.39 is 53.8 Å². The minimum atomic E-state index is -1.10. The van der Waals surface area contributed by atoms with E-state index in [2.05, 4.69) is 20.7 Å². The maximum atomic E-state index is 12.8. The Kier molecular flexibility index (Phi) is 12.9. The molecule has 1 rings (SSSR count). The largest absolute Gasteiger partial charge is 0.467 e. The third-order valence-corrected chi connectivity index (χ3v) is 4.90. The molecule has 1 aromatic carbocycles. The second-order valence-corrected chi connectivity index (χ2v) is 9.16. The van der Waals surface area contributed by atoms with Gasteiger partial charge in [-0.15, -0.1) is 0 Å². The summed E-state index contributed by atoms with van der Waals surface area (Å²) in [5, 5.41) is 7.41. The summed E-state index contributed by atoms with van der Waals surface area (Å²) in [6.45, 7) is 6.47. The van der Waals surface area contributed by atoms with Gasteiger partial charge in [-0.3, -0.25) is 4.79 Å². The first kappa shape index (κ1) is 31.2. The number of rotatable bonds is 12. The van der Waals surface area contributed by atoms with E-state index in [1.807, 2.05) is 6.07 Å². The van der Waals surface area contributed by atoms with Crippen LogP contribution in [0.5, 0.6) is 0 Å². The average molecular weight is 524 g/mol. The van der Waals surface area contributed by atoms with Gasteiger partial charge in [0.25, 0.3) is 0 Å². The summed E-state index contributed by atoms with van der Waals surface area (Å²) < 4.78 is 19.7. The summed E-state index contributed by atoms with van der Waals surface area (Å²) in [5.41, 5.74) is -0.0130. The zero-order valence-electron chi connectivity index (χ0n) is 22.1. The normalized spacial score (nSPS) is 13.2. The van der Waals surface area contributed by atoms with Crippen LogP contribution in [0.25, 0.3) is 0 Å². The van der Waals surface area contributed by atoms with Crippen molar-refractivity contribution >= 4 is 30.0 Å². The van der Waals surface area contributed by atoms with Crippen LogP contribution in [-0.4, -0.2) is 68.0 Å². The molecule has 0 saturated carbocycles. The van der Waals surface area contributed by atoms with E-state index in [1.54, 1.807) is 45.0 Å². The number of methoxy groups -OCH3 is 2. The molecule has 37 heavy (non-hydrogen) atoms. The fourth-order valence-corrected chi connectivity index (χ4v) is 3.09. The van der Waals surface area contributed by atoms with Crippen LogP contribution in [0.15, 0.2) is 30.3 Å². The van der Waals surface area contributed by atoms with Crippen molar-refractivity contribution in [3.05, 3.63) is 35.9 Å². The molecule has 12 nitrogen and oxygen atoms in total. The molecule has 0 bridgehead atoms. The Morgan fingerprint density at radius 1 is 0.811 bits per heavy atom. The average Bonchev–Trinajstić information content (AvgIpc) is 2.84. The summed E-state index contributed by atoms with van der Waals surface area (Å²) in [7, 11) is 2.37. The Morgan fingerprint density at radius 2 is 1.38 bits per heavy atom. The first-order valence-electron chi connectivity index (χ1n) is 11.8. The highest BCUT2D eigenvalue weighted by molar-refractivity contribution is 5.89. The fraction of sp³-hybridized carbons (Fsp3) is 0.560. The van der Waals surface area contributed by atoms with Crippen molar-refractivity contribution in [1.29, 1.82) is 0 Å². The van der Waals surface area contributed by atoms with Gasteiger partial charge in [0, 0.05) is 0 Å². The van der Waals surface area contributed by atoms with E-state index in [1.165, 1.54) is 21.1 Å². The second-order valence-electron chi connectivity index (χ2n) is 9.16. The molecule has 0 aliphatic rings. The Labute approximate surface area is 216 Å². The maximum absolute atomic E-state index is 12.8. The number of benzene rings is 1. The van der Waals surface area contributed by atoms with Crippen LogP contribution in [0.1, 0.15) is 52.5 Å². The molecular formula is C25H37N3O9. The molecule has 0 heterocycles. The summed E-state index contributed by atoms with van der Waals surface area (Å²) in [6, 6.07) is 5.87. The highest BCUT2D eigenvalue weighted by Gasteiger charge is 2.28. The van der Waals surface area contributed by atoms with Crippen molar-refractivity contribution in [3.63, 3.8) is 0 Å². The second kappa shape index (κ2) is 15.3. The van der Waals surface area contributed by atoms with Gasteiger partial charge in [-0.2, -0.15) is 0 Å². The van der Waals surface area contributed by atoms with Gasteiger partial charge in [0.1, 0.15) is 30.3 Å². The lowest BCUT2D eigenvalue weighted by atomic mass is 10.0. The van der Waals surface area contributed by atoms with Crippen molar-refractivity contribution in [2.75, 3.05) is 14.2 Å². The smallest absolute Gasteiger partial charge is 0.408 e. The number of carbonyl (C=O) groups is 5. The lowest BCUT2D eigenvalue weighted by molar-refractivity contribution is -0.145. The van der Waals surface area contributed by atoms with E-state index in [0.717, 1.165) is 5.56 Å². The molecule has 0 spiro atoms. The standard InChI is InChI=1S/C25H37N3O9/c1-16(21(30)34-5)26-20(29)18(27-23(32)36-15-17-11-8-7-9-12-17)13-10-14-19(22(31)35-6)28-24(33)37-25(2,3)4/h7-9,11-12,16,18-19H,10,13-15H2,1-6H3,(H,26,29)(H,27,32)(H,28,33)/t16-,18-,19?/m1/s1. The predicted octanol–water partition coefficient (Wildman–Crippen LogP) is 2.20. The number of esters is 2. The summed E-state index contributed by atoms with van der Waals surface area (Å²) in [4.78, 5) is 61.2. The molecule has 3 N–H and O–H groups in total.